The molecule has 0 bridgehead atoms. The van der Waals surface area contributed by atoms with Crippen molar-refractivity contribution in [2.75, 3.05) is 13.2 Å². The Hall–Kier alpha value is -0.250. The van der Waals surface area contributed by atoms with Crippen LogP contribution in [0.1, 0.15) is 24.8 Å². The average molecular weight is 319 g/mol. The molecule has 0 amide bonds. The van der Waals surface area contributed by atoms with Gasteiger partial charge < -0.3 is 10.1 Å². The number of aryl methyl sites for hydroxylation is 1. The van der Waals surface area contributed by atoms with Crippen LogP contribution >= 0.6 is 27.5 Å². The highest BCUT2D eigenvalue weighted by atomic mass is 79.9. The van der Waals surface area contributed by atoms with Crippen molar-refractivity contribution in [3.8, 4) is 5.75 Å². The maximum atomic E-state index is 6.14. The summed E-state index contributed by atoms with van der Waals surface area (Å²) >= 11 is 9.55. The molecule has 0 aromatic heterocycles. The molecule has 94 valence electrons. The van der Waals surface area contributed by atoms with E-state index in [1.54, 1.807) is 0 Å². The molecule has 2 rings (SSSR count). The van der Waals surface area contributed by atoms with Gasteiger partial charge in [0.1, 0.15) is 5.75 Å². The summed E-state index contributed by atoms with van der Waals surface area (Å²) in [5.41, 5.74) is 1.07. The van der Waals surface area contributed by atoms with Crippen LogP contribution in [-0.2, 0) is 0 Å². The second-order valence-corrected chi connectivity index (χ2v) is 5.79. The molecule has 4 heteroatoms. The molecule has 2 nitrogen and oxygen atoms in total. The lowest BCUT2D eigenvalue weighted by molar-refractivity contribution is 0.306. The summed E-state index contributed by atoms with van der Waals surface area (Å²) in [5.74, 6) is 0.807. The lowest BCUT2D eigenvalue weighted by Gasteiger charge is -2.11. The molecule has 0 atom stereocenters. The van der Waals surface area contributed by atoms with E-state index in [-0.39, 0.29) is 0 Å². The monoisotopic (exact) mass is 317 g/mol. The first-order valence-corrected chi connectivity index (χ1v) is 7.16. The molecule has 0 heterocycles. The lowest BCUT2D eigenvalue weighted by atomic mass is 10.2. The summed E-state index contributed by atoms with van der Waals surface area (Å²) in [6.45, 7) is 3.74. The predicted molar refractivity (Wildman–Crippen MR) is 75.0 cm³/mol. The highest BCUT2D eigenvalue weighted by molar-refractivity contribution is 9.10. The number of nitrogens with one attached hydrogen (secondary N) is 1. The Balaban J connectivity index is 1.77. The molecule has 1 aliphatic carbocycles. The van der Waals surface area contributed by atoms with E-state index in [2.05, 4.69) is 21.2 Å². The van der Waals surface area contributed by atoms with Crippen LogP contribution in [0, 0.1) is 6.92 Å². The second-order valence-electron chi connectivity index (χ2n) is 4.46. The van der Waals surface area contributed by atoms with E-state index in [0.717, 1.165) is 34.8 Å². The van der Waals surface area contributed by atoms with E-state index in [0.29, 0.717) is 11.6 Å². The van der Waals surface area contributed by atoms with Gasteiger partial charge in [-0.3, -0.25) is 0 Å². The van der Waals surface area contributed by atoms with Crippen molar-refractivity contribution >= 4 is 27.5 Å². The van der Waals surface area contributed by atoms with Gasteiger partial charge in [-0.05, 0) is 50.4 Å². The summed E-state index contributed by atoms with van der Waals surface area (Å²) < 4.78 is 6.72. The van der Waals surface area contributed by atoms with E-state index in [1.165, 1.54) is 12.8 Å². The van der Waals surface area contributed by atoms with E-state index in [9.17, 15) is 0 Å². The third-order valence-electron chi connectivity index (χ3n) is 2.77. The summed E-state index contributed by atoms with van der Waals surface area (Å²) in [7, 11) is 0. The molecule has 1 aromatic carbocycles. The van der Waals surface area contributed by atoms with Crippen LogP contribution in [0.5, 0.6) is 5.75 Å². The molecule has 1 aliphatic rings. The van der Waals surface area contributed by atoms with E-state index < -0.39 is 0 Å². The molecular weight excluding hydrogens is 302 g/mol. The molecule has 1 saturated carbocycles. The molecule has 0 unspecified atom stereocenters. The molecule has 1 N–H and O–H groups in total. The van der Waals surface area contributed by atoms with Crippen molar-refractivity contribution in [1.29, 1.82) is 0 Å². The Labute approximate surface area is 116 Å². The van der Waals surface area contributed by atoms with Gasteiger partial charge in [0.2, 0.25) is 0 Å². The fourth-order valence-corrected chi connectivity index (χ4v) is 2.74. The Morgan fingerprint density at radius 3 is 2.88 bits per heavy atom. The molecule has 0 spiro atoms. The fraction of sp³-hybridized carbons (Fsp3) is 0.538. The van der Waals surface area contributed by atoms with Crippen LogP contribution in [0.2, 0.25) is 5.02 Å². The third-order valence-corrected chi connectivity index (χ3v) is 3.51. The van der Waals surface area contributed by atoms with Gasteiger partial charge >= 0.3 is 0 Å². The summed E-state index contributed by atoms with van der Waals surface area (Å²) in [6.07, 6.45) is 3.68. The SMILES string of the molecule is Cc1cc(Br)cc(Cl)c1OCCCNC1CC1. The second kappa shape index (κ2) is 6.07. The summed E-state index contributed by atoms with van der Waals surface area (Å²) in [6, 6.07) is 4.66. The van der Waals surface area contributed by atoms with Crippen LogP contribution in [0.3, 0.4) is 0 Å². The maximum absolute atomic E-state index is 6.14. The smallest absolute Gasteiger partial charge is 0.140 e. The number of halogens is 2. The standard InChI is InChI=1S/C13H17BrClNO/c1-9-7-10(14)8-12(15)13(9)17-6-2-5-16-11-3-4-11/h7-8,11,16H,2-6H2,1H3. The zero-order valence-corrected chi connectivity index (χ0v) is 12.3. The molecular formula is C13H17BrClNO. The van der Waals surface area contributed by atoms with Crippen LogP contribution < -0.4 is 10.1 Å². The number of benzene rings is 1. The number of hydrogen-bond donors (Lipinski definition) is 1. The highest BCUT2D eigenvalue weighted by Gasteiger charge is 2.19. The van der Waals surface area contributed by atoms with Gasteiger partial charge in [0.05, 0.1) is 11.6 Å². The molecule has 0 aliphatic heterocycles. The first-order chi connectivity index (χ1) is 8.16. The van der Waals surface area contributed by atoms with Gasteiger partial charge in [0.15, 0.2) is 0 Å². The average Bonchev–Trinajstić information content (AvgIpc) is 3.04. The Bertz CT molecular complexity index is 370. The van der Waals surface area contributed by atoms with E-state index >= 15 is 0 Å². The van der Waals surface area contributed by atoms with E-state index in [1.807, 2.05) is 19.1 Å². The first kappa shape index (κ1) is 13.2. The third kappa shape index (κ3) is 4.16. The van der Waals surface area contributed by atoms with Crippen LogP contribution in [-0.4, -0.2) is 19.2 Å². The van der Waals surface area contributed by atoms with Crippen molar-refractivity contribution in [3.63, 3.8) is 0 Å². The molecule has 0 saturated heterocycles. The largest absolute Gasteiger partial charge is 0.492 e. The van der Waals surface area contributed by atoms with Crippen molar-refractivity contribution in [2.45, 2.75) is 32.2 Å². The first-order valence-electron chi connectivity index (χ1n) is 5.98. The summed E-state index contributed by atoms with van der Waals surface area (Å²) in [4.78, 5) is 0. The van der Waals surface area contributed by atoms with Gasteiger partial charge in [0, 0.05) is 10.5 Å². The Morgan fingerprint density at radius 1 is 1.47 bits per heavy atom. The number of hydrogen-bond acceptors (Lipinski definition) is 2. The highest BCUT2D eigenvalue weighted by Crippen LogP contribution is 2.32. The van der Waals surface area contributed by atoms with Crippen molar-refractivity contribution in [3.05, 3.63) is 27.2 Å². The minimum atomic E-state index is 0.673. The Kier molecular flexibility index (Phi) is 4.71. The van der Waals surface area contributed by atoms with Crippen LogP contribution in [0.15, 0.2) is 16.6 Å². The zero-order valence-electron chi connectivity index (χ0n) is 9.93. The van der Waals surface area contributed by atoms with Crippen LogP contribution in [0.4, 0.5) is 0 Å². The number of ether oxygens (including phenoxy) is 1. The summed E-state index contributed by atoms with van der Waals surface area (Å²) in [5, 5.41) is 4.13. The van der Waals surface area contributed by atoms with Crippen molar-refractivity contribution < 1.29 is 4.74 Å². The molecule has 1 aromatic rings. The van der Waals surface area contributed by atoms with Crippen LogP contribution in [0.25, 0.3) is 0 Å². The minimum absolute atomic E-state index is 0.673. The zero-order chi connectivity index (χ0) is 12.3. The quantitative estimate of drug-likeness (QED) is 0.802. The Morgan fingerprint density at radius 2 is 2.24 bits per heavy atom. The van der Waals surface area contributed by atoms with E-state index in [4.69, 9.17) is 16.3 Å². The van der Waals surface area contributed by atoms with Gasteiger partial charge in [-0.1, -0.05) is 27.5 Å². The molecule has 17 heavy (non-hydrogen) atoms. The maximum Gasteiger partial charge on any atom is 0.140 e. The molecule has 0 radical (unpaired) electrons. The van der Waals surface area contributed by atoms with Gasteiger partial charge in [-0.25, -0.2) is 0 Å². The van der Waals surface area contributed by atoms with Gasteiger partial charge in [-0.2, -0.15) is 0 Å². The normalized spacial score (nSPS) is 15.0. The molecule has 1 fully saturated rings. The number of rotatable bonds is 6. The lowest BCUT2D eigenvalue weighted by Crippen LogP contribution is -2.19. The topological polar surface area (TPSA) is 21.3 Å². The van der Waals surface area contributed by atoms with Gasteiger partial charge in [-0.15, -0.1) is 0 Å². The van der Waals surface area contributed by atoms with Crippen molar-refractivity contribution in [1.82, 2.24) is 5.32 Å². The minimum Gasteiger partial charge on any atom is -0.492 e. The van der Waals surface area contributed by atoms with Crippen molar-refractivity contribution in [2.24, 2.45) is 0 Å². The van der Waals surface area contributed by atoms with Gasteiger partial charge in [0.25, 0.3) is 0 Å². The fourth-order valence-electron chi connectivity index (χ4n) is 1.71. The predicted octanol–water partition coefficient (Wildman–Crippen LogP) is 3.93.